The zero-order valence-electron chi connectivity index (χ0n) is 11.0. The van der Waals surface area contributed by atoms with Crippen LogP contribution < -0.4 is 16.4 Å². The molecule has 0 bridgehead atoms. The minimum Gasteiger partial charge on any atom is -0.383 e. The highest BCUT2D eigenvalue weighted by Crippen LogP contribution is 2.09. The fraction of sp³-hybridized carbons (Fsp3) is 0.417. The normalized spacial score (nSPS) is 12.1. The topological polar surface area (TPSA) is 97.1 Å². The van der Waals surface area contributed by atoms with Crippen molar-refractivity contribution in [2.45, 2.75) is 32.9 Å². The van der Waals surface area contributed by atoms with Crippen molar-refractivity contribution in [3.8, 4) is 0 Å². The molecule has 0 radical (unpaired) electrons. The van der Waals surface area contributed by atoms with Gasteiger partial charge in [0, 0.05) is 6.04 Å². The van der Waals surface area contributed by atoms with E-state index in [-0.39, 0.29) is 23.3 Å². The third-order valence-electron chi connectivity index (χ3n) is 2.30. The standard InChI is InChI=1S/C12H17FN4O2/c1-6(2)16-11(18)7(3)17-12(19)9-4-8(13)5-15-10(9)14/h4-7H,1-3H3,(H2,14,15)(H,16,18)(H,17,19). The van der Waals surface area contributed by atoms with E-state index in [4.69, 9.17) is 5.73 Å². The van der Waals surface area contributed by atoms with Crippen LogP contribution in [-0.2, 0) is 4.79 Å². The smallest absolute Gasteiger partial charge is 0.255 e. The molecule has 0 aliphatic rings. The maximum atomic E-state index is 13.0. The number of nitrogen functional groups attached to an aromatic ring is 1. The molecule has 1 heterocycles. The Labute approximate surface area is 110 Å². The first-order chi connectivity index (χ1) is 8.81. The van der Waals surface area contributed by atoms with Gasteiger partial charge in [-0.05, 0) is 26.8 Å². The van der Waals surface area contributed by atoms with Crippen molar-refractivity contribution in [2.24, 2.45) is 0 Å². The first-order valence-corrected chi connectivity index (χ1v) is 5.83. The van der Waals surface area contributed by atoms with E-state index in [2.05, 4.69) is 15.6 Å². The van der Waals surface area contributed by atoms with Crippen LogP contribution in [0.15, 0.2) is 12.3 Å². The highest BCUT2D eigenvalue weighted by Gasteiger charge is 2.19. The van der Waals surface area contributed by atoms with Crippen LogP contribution in [0.1, 0.15) is 31.1 Å². The molecule has 0 saturated heterocycles. The number of halogens is 1. The van der Waals surface area contributed by atoms with Crippen LogP contribution in [0, 0.1) is 5.82 Å². The molecule has 1 aromatic rings. The number of anilines is 1. The van der Waals surface area contributed by atoms with Crippen LogP contribution in [0.25, 0.3) is 0 Å². The molecule has 104 valence electrons. The van der Waals surface area contributed by atoms with Gasteiger partial charge >= 0.3 is 0 Å². The molecule has 0 saturated carbocycles. The van der Waals surface area contributed by atoms with Crippen LogP contribution in [0.4, 0.5) is 10.2 Å². The fourth-order valence-corrected chi connectivity index (χ4v) is 1.38. The van der Waals surface area contributed by atoms with Crippen molar-refractivity contribution in [3.05, 3.63) is 23.6 Å². The van der Waals surface area contributed by atoms with Crippen molar-refractivity contribution in [2.75, 3.05) is 5.73 Å². The van der Waals surface area contributed by atoms with Gasteiger partial charge in [-0.1, -0.05) is 0 Å². The molecule has 19 heavy (non-hydrogen) atoms. The quantitative estimate of drug-likeness (QED) is 0.738. The lowest BCUT2D eigenvalue weighted by Gasteiger charge is -2.16. The number of rotatable bonds is 4. The Morgan fingerprint density at radius 2 is 1.95 bits per heavy atom. The summed E-state index contributed by atoms with van der Waals surface area (Å²) in [5.74, 6) is -1.73. The number of carbonyl (C=O) groups is 2. The maximum absolute atomic E-state index is 13.0. The summed E-state index contributed by atoms with van der Waals surface area (Å²) in [5.41, 5.74) is 5.39. The lowest BCUT2D eigenvalue weighted by molar-refractivity contribution is -0.123. The molecule has 1 atom stereocenters. The van der Waals surface area contributed by atoms with Gasteiger partial charge in [-0.15, -0.1) is 0 Å². The summed E-state index contributed by atoms with van der Waals surface area (Å²) >= 11 is 0. The molecular formula is C12H17FN4O2. The Bertz CT molecular complexity index is 491. The summed E-state index contributed by atoms with van der Waals surface area (Å²) in [6, 6.07) is 0.190. The van der Waals surface area contributed by atoms with Gasteiger partial charge < -0.3 is 16.4 Å². The van der Waals surface area contributed by atoms with E-state index in [9.17, 15) is 14.0 Å². The molecule has 1 aromatic heterocycles. The van der Waals surface area contributed by atoms with Gasteiger partial charge in [-0.25, -0.2) is 9.37 Å². The number of hydrogen-bond acceptors (Lipinski definition) is 4. The van der Waals surface area contributed by atoms with Crippen LogP contribution >= 0.6 is 0 Å². The van der Waals surface area contributed by atoms with Gasteiger partial charge in [0.15, 0.2) is 0 Å². The Balaban J connectivity index is 2.74. The lowest BCUT2D eigenvalue weighted by Crippen LogP contribution is -2.46. The molecule has 0 fully saturated rings. The summed E-state index contributed by atoms with van der Waals surface area (Å²) < 4.78 is 13.0. The van der Waals surface area contributed by atoms with E-state index in [0.717, 1.165) is 12.3 Å². The van der Waals surface area contributed by atoms with E-state index in [1.807, 2.05) is 0 Å². The fourth-order valence-electron chi connectivity index (χ4n) is 1.38. The van der Waals surface area contributed by atoms with Gasteiger partial charge in [0.1, 0.15) is 17.7 Å². The van der Waals surface area contributed by atoms with Gasteiger partial charge in [-0.2, -0.15) is 0 Å². The number of hydrogen-bond donors (Lipinski definition) is 3. The minimum absolute atomic E-state index is 0.0345. The lowest BCUT2D eigenvalue weighted by atomic mass is 10.2. The van der Waals surface area contributed by atoms with E-state index in [0.29, 0.717) is 0 Å². The molecule has 1 unspecified atom stereocenters. The van der Waals surface area contributed by atoms with Crippen LogP contribution in [-0.4, -0.2) is 28.9 Å². The molecule has 6 nitrogen and oxygen atoms in total. The molecule has 7 heteroatoms. The van der Waals surface area contributed by atoms with Crippen LogP contribution in [0.3, 0.4) is 0 Å². The monoisotopic (exact) mass is 268 g/mol. The zero-order valence-corrected chi connectivity index (χ0v) is 11.0. The van der Waals surface area contributed by atoms with Gasteiger partial charge in [-0.3, -0.25) is 9.59 Å². The summed E-state index contributed by atoms with van der Waals surface area (Å²) in [5, 5.41) is 5.08. The molecular weight excluding hydrogens is 251 g/mol. The molecule has 0 aromatic carbocycles. The van der Waals surface area contributed by atoms with Crippen molar-refractivity contribution in [3.63, 3.8) is 0 Å². The number of carbonyl (C=O) groups excluding carboxylic acids is 2. The number of nitrogens with two attached hydrogens (primary N) is 1. The highest BCUT2D eigenvalue weighted by atomic mass is 19.1. The van der Waals surface area contributed by atoms with Crippen molar-refractivity contribution in [1.29, 1.82) is 0 Å². The SMILES string of the molecule is CC(C)NC(=O)C(C)NC(=O)c1cc(F)cnc1N. The molecule has 0 spiro atoms. The van der Waals surface area contributed by atoms with Crippen LogP contribution in [0.5, 0.6) is 0 Å². The molecule has 0 aliphatic heterocycles. The average Bonchev–Trinajstić information content (AvgIpc) is 2.31. The van der Waals surface area contributed by atoms with Gasteiger partial charge in [0.2, 0.25) is 5.91 Å². The summed E-state index contributed by atoms with van der Waals surface area (Å²) in [6.45, 7) is 5.14. The first kappa shape index (κ1) is 14.9. The molecule has 2 amide bonds. The average molecular weight is 268 g/mol. The Morgan fingerprint density at radius 3 is 2.53 bits per heavy atom. The van der Waals surface area contributed by atoms with E-state index < -0.39 is 17.8 Å². The molecule has 1 rings (SSSR count). The number of nitrogens with zero attached hydrogens (tertiary/aromatic N) is 1. The van der Waals surface area contributed by atoms with Crippen molar-refractivity contribution < 1.29 is 14.0 Å². The molecule has 4 N–H and O–H groups in total. The summed E-state index contributed by atoms with van der Waals surface area (Å²) in [6.07, 6.45) is 0.918. The van der Waals surface area contributed by atoms with E-state index in [1.54, 1.807) is 13.8 Å². The number of nitrogens with one attached hydrogen (secondary N) is 2. The minimum atomic E-state index is -0.752. The third-order valence-corrected chi connectivity index (χ3v) is 2.30. The zero-order chi connectivity index (χ0) is 14.6. The first-order valence-electron chi connectivity index (χ1n) is 5.83. The Kier molecular flexibility index (Phi) is 4.80. The van der Waals surface area contributed by atoms with E-state index >= 15 is 0 Å². The summed E-state index contributed by atoms with van der Waals surface area (Å²) in [4.78, 5) is 27.0. The number of aromatic nitrogens is 1. The Morgan fingerprint density at radius 1 is 1.32 bits per heavy atom. The summed E-state index contributed by atoms with van der Waals surface area (Å²) in [7, 11) is 0. The van der Waals surface area contributed by atoms with Crippen LogP contribution in [0.2, 0.25) is 0 Å². The second-order valence-corrected chi connectivity index (χ2v) is 4.44. The van der Waals surface area contributed by atoms with Crippen molar-refractivity contribution in [1.82, 2.24) is 15.6 Å². The number of amides is 2. The maximum Gasteiger partial charge on any atom is 0.255 e. The third kappa shape index (κ3) is 4.20. The Hall–Kier alpha value is -2.18. The largest absolute Gasteiger partial charge is 0.383 e. The van der Waals surface area contributed by atoms with Gasteiger partial charge in [0.05, 0.1) is 11.8 Å². The predicted octanol–water partition coefficient (Wildman–Crippen LogP) is 0.446. The van der Waals surface area contributed by atoms with Crippen molar-refractivity contribution >= 4 is 17.6 Å². The predicted molar refractivity (Wildman–Crippen MR) is 68.8 cm³/mol. The second-order valence-electron chi connectivity index (χ2n) is 4.44. The highest BCUT2D eigenvalue weighted by molar-refractivity contribution is 6.00. The second kappa shape index (κ2) is 6.12. The van der Waals surface area contributed by atoms with E-state index in [1.165, 1.54) is 6.92 Å². The van der Waals surface area contributed by atoms with Gasteiger partial charge in [0.25, 0.3) is 5.91 Å². The molecule has 0 aliphatic carbocycles. The number of pyridine rings is 1.